The quantitative estimate of drug-likeness (QED) is 0.414. The van der Waals surface area contributed by atoms with Crippen molar-refractivity contribution in [3.63, 3.8) is 0 Å². The van der Waals surface area contributed by atoms with E-state index in [9.17, 15) is 4.79 Å². The van der Waals surface area contributed by atoms with Gasteiger partial charge in [-0.15, -0.1) is 0 Å². The van der Waals surface area contributed by atoms with Crippen molar-refractivity contribution in [2.24, 2.45) is 0 Å². The Bertz CT molecular complexity index is 337. The van der Waals surface area contributed by atoms with Gasteiger partial charge in [0.1, 0.15) is 0 Å². The van der Waals surface area contributed by atoms with Crippen molar-refractivity contribution in [1.82, 2.24) is 0 Å². The van der Waals surface area contributed by atoms with Gasteiger partial charge in [-0.1, -0.05) is 36.4 Å². The zero-order valence-corrected chi connectivity index (χ0v) is 8.01. The molecule has 1 aromatic rings. The molecule has 0 bridgehead atoms. The van der Waals surface area contributed by atoms with Gasteiger partial charge in [-0.25, -0.2) is 4.79 Å². The number of rotatable bonds is 3. The summed E-state index contributed by atoms with van der Waals surface area (Å²) in [6.07, 6.45) is 6.13. The van der Waals surface area contributed by atoms with Gasteiger partial charge in [0, 0.05) is 6.08 Å². The molecule has 0 aromatic heterocycles. The van der Waals surface area contributed by atoms with E-state index in [-0.39, 0.29) is 5.97 Å². The van der Waals surface area contributed by atoms with Crippen LogP contribution >= 0.6 is 0 Å². The highest BCUT2D eigenvalue weighted by Gasteiger charge is 1.91. The second-order valence-electron chi connectivity index (χ2n) is 2.65. The Morgan fingerprint density at radius 1 is 1.29 bits per heavy atom. The second-order valence-corrected chi connectivity index (χ2v) is 2.65. The topological polar surface area (TPSA) is 26.3 Å². The monoisotopic (exact) mass is 188 g/mol. The lowest BCUT2D eigenvalue weighted by atomic mass is 10.2. The normalized spacial score (nSPS) is 10.9. The number of esters is 1. The van der Waals surface area contributed by atoms with Crippen LogP contribution < -0.4 is 0 Å². The average Bonchev–Trinajstić information content (AvgIpc) is 2.25. The summed E-state index contributed by atoms with van der Waals surface area (Å²) in [5.41, 5.74) is 0.977. The third-order valence-electron chi connectivity index (χ3n) is 1.53. The van der Waals surface area contributed by atoms with Gasteiger partial charge in [0.15, 0.2) is 0 Å². The Hall–Kier alpha value is -1.83. The number of carbonyl (C=O) groups is 1. The number of carbonyl (C=O) groups excluding carboxylic acids is 1. The molecule has 0 N–H and O–H groups in total. The van der Waals surface area contributed by atoms with Crippen LogP contribution in [0.4, 0.5) is 0 Å². The van der Waals surface area contributed by atoms with E-state index in [1.165, 1.54) is 12.3 Å². The summed E-state index contributed by atoms with van der Waals surface area (Å²) < 4.78 is 4.71. The largest absolute Gasteiger partial charge is 0.432 e. The molecule has 0 heterocycles. The summed E-state index contributed by atoms with van der Waals surface area (Å²) in [6, 6.07) is 9.59. The Balaban J connectivity index is 2.52. The molecule has 1 aromatic carbocycles. The lowest BCUT2D eigenvalue weighted by Gasteiger charge is -1.92. The Morgan fingerprint density at radius 2 is 2.00 bits per heavy atom. The van der Waals surface area contributed by atoms with Crippen molar-refractivity contribution in [1.29, 1.82) is 0 Å². The van der Waals surface area contributed by atoms with Crippen LogP contribution in [0.25, 0.3) is 6.08 Å². The molecule has 0 fully saturated rings. The lowest BCUT2D eigenvalue weighted by Crippen LogP contribution is -1.92. The molecule has 0 aliphatic rings. The Morgan fingerprint density at radius 3 is 2.64 bits per heavy atom. The van der Waals surface area contributed by atoms with Crippen LogP contribution in [0.15, 0.2) is 48.7 Å². The van der Waals surface area contributed by atoms with Crippen LogP contribution in [0.3, 0.4) is 0 Å². The van der Waals surface area contributed by atoms with E-state index in [0.717, 1.165) is 5.56 Å². The Labute approximate surface area is 83.5 Å². The van der Waals surface area contributed by atoms with Gasteiger partial charge in [-0.05, 0) is 18.6 Å². The van der Waals surface area contributed by atoms with E-state index in [0.29, 0.717) is 0 Å². The van der Waals surface area contributed by atoms with E-state index in [1.54, 1.807) is 19.1 Å². The van der Waals surface area contributed by atoms with Gasteiger partial charge < -0.3 is 4.74 Å². The molecule has 2 heteroatoms. The number of hydrogen-bond donors (Lipinski definition) is 0. The fraction of sp³-hybridized carbons (Fsp3) is 0.0833. The highest BCUT2D eigenvalue weighted by Crippen LogP contribution is 2.00. The van der Waals surface area contributed by atoms with Gasteiger partial charge in [-0.2, -0.15) is 0 Å². The van der Waals surface area contributed by atoms with E-state index >= 15 is 0 Å². The maximum atomic E-state index is 11.0. The first-order valence-corrected chi connectivity index (χ1v) is 4.38. The molecular formula is C12H12O2. The van der Waals surface area contributed by atoms with Crippen LogP contribution in [0.2, 0.25) is 0 Å². The maximum absolute atomic E-state index is 11.0. The highest BCUT2D eigenvalue weighted by molar-refractivity contribution is 5.87. The minimum Gasteiger partial charge on any atom is -0.432 e. The molecule has 0 spiro atoms. The minimum absolute atomic E-state index is 0.369. The van der Waals surface area contributed by atoms with Crippen LogP contribution in [0, 0.1) is 0 Å². The molecule has 0 saturated carbocycles. The van der Waals surface area contributed by atoms with Gasteiger partial charge in [0.25, 0.3) is 0 Å². The highest BCUT2D eigenvalue weighted by atomic mass is 16.5. The lowest BCUT2D eigenvalue weighted by molar-refractivity contribution is -0.132. The van der Waals surface area contributed by atoms with Gasteiger partial charge in [0.2, 0.25) is 0 Å². The van der Waals surface area contributed by atoms with Crippen LogP contribution in [-0.4, -0.2) is 5.97 Å². The molecule has 0 saturated heterocycles. The molecule has 1 rings (SSSR count). The fourth-order valence-electron chi connectivity index (χ4n) is 0.903. The average molecular weight is 188 g/mol. The first-order valence-electron chi connectivity index (χ1n) is 4.38. The predicted molar refractivity (Wildman–Crippen MR) is 56.4 cm³/mol. The predicted octanol–water partition coefficient (Wildman–Crippen LogP) is 2.78. The van der Waals surface area contributed by atoms with Crippen molar-refractivity contribution in [3.05, 3.63) is 54.3 Å². The molecule has 0 amide bonds. The summed E-state index contributed by atoms with van der Waals surface area (Å²) in [5.74, 6) is -0.369. The van der Waals surface area contributed by atoms with Crippen LogP contribution in [-0.2, 0) is 9.53 Å². The summed E-state index contributed by atoms with van der Waals surface area (Å²) >= 11 is 0. The third-order valence-corrected chi connectivity index (χ3v) is 1.53. The third kappa shape index (κ3) is 3.72. The van der Waals surface area contributed by atoms with Gasteiger partial charge >= 0.3 is 5.97 Å². The first kappa shape index (κ1) is 10.3. The van der Waals surface area contributed by atoms with E-state index in [1.807, 2.05) is 30.3 Å². The first-order chi connectivity index (χ1) is 6.83. The number of allylic oxidation sites excluding steroid dienone is 1. The second kappa shape index (κ2) is 5.75. The zero-order valence-electron chi connectivity index (χ0n) is 8.01. The van der Waals surface area contributed by atoms with Crippen molar-refractivity contribution < 1.29 is 9.53 Å². The summed E-state index contributed by atoms with van der Waals surface area (Å²) in [7, 11) is 0. The molecule has 2 nitrogen and oxygen atoms in total. The number of ether oxygens (including phenoxy) is 1. The van der Waals surface area contributed by atoms with Crippen molar-refractivity contribution in [2.45, 2.75) is 6.92 Å². The van der Waals surface area contributed by atoms with E-state index in [4.69, 9.17) is 4.74 Å². The summed E-state index contributed by atoms with van der Waals surface area (Å²) in [4.78, 5) is 11.0. The fourth-order valence-corrected chi connectivity index (χ4v) is 0.903. The van der Waals surface area contributed by atoms with Crippen molar-refractivity contribution in [3.8, 4) is 0 Å². The van der Waals surface area contributed by atoms with Gasteiger partial charge in [0.05, 0.1) is 6.26 Å². The molecule has 0 unspecified atom stereocenters. The smallest absolute Gasteiger partial charge is 0.335 e. The van der Waals surface area contributed by atoms with E-state index < -0.39 is 0 Å². The molecule has 0 radical (unpaired) electrons. The number of hydrogen-bond acceptors (Lipinski definition) is 2. The molecule has 0 atom stereocenters. The number of benzene rings is 1. The van der Waals surface area contributed by atoms with Crippen LogP contribution in [0.1, 0.15) is 12.5 Å². The van der Waals surface area contributed by atoms with E-state index in [2.05, 4.69) is 0 Å². The molecule has 0 aliphatic heterocycles. The molecular weight excluding hydrogens is 176 g/mol. The zero-order chi connectivity index (χ0) is 10.2. The molecule has 14 heavy (non-hydrogen) atoms. The van der Waals surface area contributed by atoms with Gasteiger partial charge in [-0.3, -0.25) is 0 Å². The maximum Gasteiger partial charge on any atom is 0.335 e. The SMILES string of the molecule is C/C=C\OC(=O)/C=C/c1ccccc1. The standard InChI is InChI=1S/C12H12O2/c1-2-10-14-12(13)9-8-11-6-4-3-5-7-11/h2-10H,1H3/b9-8+,10-2-. The Kier molecular flexibility index (Phi) is 4.21. The summed E-state index contributed by atoms with van der Waals surface area (Å²) in [5, 5.41) is 0. The molecule has 0 aliphatic carbocycles. The summed E-state index contributed by atoms with van der Waals surface area (Å²) in [6.45, 7) is 1.79. The van der Waals surface area contributed by atoms with Crippen molar-refractivity contribution in [2.75, 3.05) is 0 Å². The molecule has 72 valence electrons. The minimum atomic E-state index is -0.369. The van der Waals surface area contributed by atoms with Crippen molar-refractivity contribution >= 4 is 12.0 Å². The van der Waals surface area contributed by atoms with Crippen LogP contribution in [0.5, 0.6) is 0 Å².